The highest BCUT2D eigenvalue weighted by Crippen LogP contribution is 2.19. The second kappa shape index (κ2) is 5.31. The molecule has 0 bridgehead atoms. The van der Waals surface area contributed by atoms with Crippen molar-refractivity contribution in [1.82, 2.24) is 5.32 Å². The number of carboxylic acids is 1. The summed E-state index contributed by atoms with van der Waals surface area (Å²) in [5, 5.41) is 11.8. The predicted octanol–water partition coefficient (Wildman–Crippen LogP) is 2.43. The highest BCUT2D eigenvalue weighted by molar-refractivity contribution is 7.13. The van der Waals surface area contributed by atoms with Gasteiger partial charge in [-0.2, -0.15) is 0 Å². The van der Waals surface area contributed by atoms with Gasteiger partial charge in [-0.05, 0) is 31.9 Å². The molecule has 2 N–H and O–H groups in total. The number of hydrogen-bond donors (Lipinski definition) is 2. The van der Waals surface area contributed by atoms with Crippen molar-refractivity contribution in [3.63, 3.8) is 0 Å². The molecule has 0 fully saturated rings. The SMILES string of the molecule is CCC(CC)(NC(=O)c1ccc(C)s1)C(=O)O. The number of carbonyl (C=O) groups excluding carboxylic acids is 1. The lowest BCUT2D eigenvalue weighted by atomic mass is 9.93. The van der Waals surface area contributed by atoms with Crippen LogP contribution in [0.4, 0.5) is 0 Å². The van der Waals surface area contributed by atoms with Crippen molar-refractivity contribution in [2.75, 3.05) is 0 Å². The van der Waals surface area contributed by atoms with E-state index in [-0.39, 0.29) is 5.91 Å². The van der Waals surface area contributed by atoms with Crippen LogP contribution in [-0.2, 0) is 4.79 Å². The van der Waals surface area contributed by atoms with E-state index >= 15 is 0 Å². The molecule has 0 saturated heterocycles. The van der Waals surface area contributed by atoms with Crippen molar-refractivity contribution in [3.8, 4) is 0 Å². The zero-order valence-corrected chi connectivity index (χ0v) is 11.1. The molecule has 17 heavy (non-hydrogen) atoms. The Kier molecular flexibility index (Phi) is 4.28. The van der Waals surface area contributed by atoms with Crippen LogP contribution in [0.3, 0.4) is 0 Å². The molecule has 0 aliphatic carbocycles. The van der Waals surface area contributed by atoms with E-state index in [0.29, 0.717) is 17.7 Å². The zero-order chi connectivity index (χ0) is 13.1. The van der Waals surface area contributed by atoms with Gasteiger partial charge in [0.2, 0.25) is 0 Å². The van der Waals surface area contributed by atoms with Crippen molar-refractivity contribution in [2.45, 2.75) is 39.2 Å². The number of hydrogen-bond acceptors (Lipinski definition) is 3. The van der Waals surface area contributed by atoms with Crippen molar-refractivity contribution >= 4 is 23.2 Å². The van der Waals surface area contributed by atoms with Crippen LogP contribution in [0.1, 0.15) is 41.2 Å². The molecule has 5 heteroatoms. The minimum Gasteiger partial charge on any atom is -0.480 e. The topological polar surface area (TPSA) is 66.4 Å². The van der Waals surface area contributed by atoms with Crippen LogP contribution in [-0.4, -0.2) is 22.5 Å². The fourth-order valence-electron chi connectivity index (χ4n) is 1.62. The number of amides is 1. The molecule has 0 atom stereocenters. The molecule has 1 aromatic rings. The van der Waals surface area contributed by atoms with Crippen LogP contribution in [0, 0.1) is 6.92 Å². The molecular formula is C12H17NO3S. The van der Waals surface area contributed by atoms with Gasteiger partial charge in [0, 0.05) is 4.88 Å². The summed E-state index contributed by atoms with van der Waals surface area (Å²) in [6.07, 6.45) is 0.740. The Hall–Kier alpha value is -1.36. The van der Waals surface area contributed by atoms with Crippen LogP contribution in [0.25, 0.3) is 0 Å². The number of aliphatic carboxylic acids is 1. The van der Waals surface area contributed by atoms with Gasteiger partial charge >= 0.3 is 5.97 Å². The first-order chi connectivity index (χ1) is 7.95. The second-order valence-electron chi connectivity index (χ2n) is 3.96. The molecule has 1 rings (SSSR count). The molecule has 1 amide bonds. The molecule has 0 saturated carbocycles. The number of aryl methyl sites for hydroxylation is 1. The number of nitrogens with one attached hydrogen (secondary N) is 1. The summed E-state index contributed by atoms with van der Waals surface area (Å²) >= 11 is 1.36. The highest BCUT2D eigenvalue weighted by Gasteiger charge is 2.36. The summed E-state index contributed by atoms with van der Waals surface area (Å²) in [6, 6.07) is 3.56. The first-order valence-electron chi connectivity index (χ1n) is 5.57. The minimum absolute atomic E-state index is 0.311. The smallest absolute Gasteiger partial charge is 0.329 e. The molecule has 4 nitrogen and oxygen atoms in total. The van der Waals surface area contributed by atoms with Gasteiger partial charge < -0.3 is 10.4 Å². The summed E-state index contributed by atoms with van der Waals surface area (Å²) in [7, 11) is 0. The third-order valence-electron chi connectivity index (χ3n) is 2.93. The van der Waals surface area contributed by atoms with Crippen molar-refractivity contribution in [1.29, 1.82) is 0 Å². The monoisotopic (exact) mass is 255 g/mol. The van der Waals surface area contributed by atoms with E-state index in [1.54, 1.807) is 19.9 Å². The Morgan fingerprint density at radius 1 is 1.35 bits per heavy atom. The third-order valence-corrected chi connectivity index (χ3v) is 3.93. The largest absolute Gasteiger partial charge is 0.480 e. The van der Waals surface area contributed by atoms with Gasteiger partial charge in [-0.3, -0.25) is 4.79 Å². The summed E-state index contributed by atoms with van der Waals surface area (Å²) in [4.78, 5) is 24.8. The Labute approximate surface area is 105 Å². The highest BCUT2D eigenvalue weighted by atomic mass is 32.1. The van der Waals surface area contributed by atoms with E-state index < -0.39 is 11.5 Å². The van der Waals surface area contributed by atoms with Gasteiger partial charge in [-0.25, -0.2) is 4.79 Å². The summed E-state index contributed by atoms with van der Waals surface area (Å²) in [5.74, 6) is -1.29. The summed E-state index contributed by atoms with van der Waals surface area (Å²) in [5.41, 5.74) is -1.16. The van der Waals surface area contributed by atoms with Crippen LogP contribution < -0.4 is 5.32 Å². The molecule has 1 heterocycles. The third kappa shape index (κ3) is 2.85. The van der Waals surface area contributed by atoms with Gasteiger partial charge in [-0.1, -0.05) is 13.8 Å². The lowest BCUT2D eigenvalue weighted by molar-refractivity contribution is -0.144. The first-order valence-corrected chi connectivity index (χ1v) is 6.39. The number of carboxylic acid groups (broad SMARTS) is 1. The van der Waals surface area contributed by atoms with Crippen LogP contribution >= 0.6 is 11.3 Å². The Bertz CT molecular complexity index is 421. The summed E-state index contributed by atoms with van der Waals surface area (Å²) < 4.78 is 0. The number of carbonyl (C=O) groups is 2. The van der Waals surface area contributed by atoms with Crippen LogP contribution in [0.2, 0.25) is 0 Å². The quantitative estimate of drug-likeness (QED) is 0.849. The maximum Gasteiger partial charge on any atom is 0.329 e. The molecule has 0 radical (unpaired) electrons. The van der Waals surface area contributed by atoms with E-state index in [0.717, 1.165) is 4.88 Å². The minimum atomic E-state index is -1.16. The number of rotatable bonds is 5. The van der Waals surface area contributed by atoms with Crippen LogP contribution in [0.15, 0.2) is 12.1 Å². The summed E-state index contributed by atoms with van der Waals surface area (Å²) in [6.45, 7) is 5.43. The maximum atomic E-state index is 11.9. The van der Waals surface area contributed by atoms with Crippen molar-refractivity contribution in [2.24, 2.45) is 0 Å². The van der Waals surface area contributed by atoms with E-state index in [2.05, 4.69) is 5.32 Å². The average molecular weight is 255 g/mol. The average Bonchev–Trinajstić information content (AvgIpc) is 2.72. The Morgan fingerprint density at radius 2 is 1.94 bits per heavy atom. The van der Waals surface area contributed by atoms with Gasteiger partial charge in [-0.15, -0.1) is 11.3 Å². The van der Waals surface area contributed by atoms with E-state index in [4.69, 9.17) is 0 Å². The molecule has 1 aromatic heterocycles. The zero-order valence-electron chi connectivity index (χ0n) is 10.2. The molecule has 94 valence electrons. The second-order valence-corrected chi connectivity index (χ2v) is 5.25. The first kappa shape index (κ1) is 13.7. The van der Waals surface area contributed by atoms with E-state index in [1.165, 1.54) is 11.3 Å². The van der Waals surface area contributed by atoms with Gasteiger partial charge in [0.25, 0.3) is 5.91 Å². The lowest BCUT2D eigenvalue weighted by Crippen LogP contribution is -2.53. The van der Waals surface area contributed by atoms with E-state index in [1.807, 2.05) is 13.0 Å². The molecule has 0 aliphatic heterocycles. The molecule has 0 aliphatic rings. The van der Waals surface area contributed by atoms with Gasteiger partial charge in [0.15, 0.2) is 0 Å². The predicted molar refractivity (Wildman–Crippen MR) is 67.5 cm³/mol. The Morgan fingerprint density at radius 3 is 2.29 bits per heavy atom. The van der Waals surface area contributed by atoms with Gasteiger partial charge in [0.1, 0.15) is 5.54 Å². The maximum absolute atomic E-state index is 11.9. The number of thiophene rings is 1. The Balaban J connectivity index is 2.88. The molecule has 0 spiro atoms. The van der Waals surface area contributed by atoms with Gasteiger partial charge in [0.05, 0.1) is 4.88 Å². The van der Waals surface area contributed by atoms with Crippen molar-refractivity contribution in [3.05, 3.63) is 21.9 Å². The van der Waals surface area contributed by atoms with Crippen molar-refractivity contribution < 1.29 is 14.7 Å². The lowest BCUT2D eigenvalue weighted by Gasteiger charge is -2.27. The van der Waals surface area contributed by atoms with E-state index in [9.17, 15) is 14.7 Å². The molecule has 0 aromatic carbocycles. The molecule has 0 unspecified atom stereocenters. The fraction of sp³-hybridized carbons (Fsp3) is 0.500. The normalized spacial score (nSPS) is 11.2. The molecular weight excluding hydrogens is 238 g/mol. The standard InChI is InChI=1S/C12H17NO3S/c1-4-12(5-2,11(15)16)13-10(14)9-7-6-8(3)17-9/h6-7H,4-5H2,1-3H3,(H,13,14)(H,15,16). The fourth-order valence-corrected chi connectivity index (χ4v) is 2.38. The van der Waals surface area contributed by atoms with Crippen LogP contribution in [0.5, 0.6) is 0 Å².